The van der Waals surface area contributed by atoms with E-state index in [9.17, 15) is 13.6 Å². The molecule has 0 atom stereocenters. The van der Waals surface area contributed by atoms with Crippen molar-refractivity contribution in [2.24, 2.45) is 0 Å². The Balaban J connectivity index is 2.82. The van der Waals surface area contributed by atoms with Gasteiger partial charge >= 0.3 is 0 Å². The van der Waals surface area contributed by atoms with Gasteiger partial charge in [0.05, 0.1) is 10.2 Å². The SMILES string of the molecule is CSCC(=O)c1ccc(Br)c(OCC(F)F)c1. The van der Waals surface area contributed by atoms with Crippen molar-refractivity contribution in [3.05, 3.63) is 28.2 Å². The number of Topliss-reactive ketones (excluding diaryl/α,β-unsaturated/α-hetero) is 1. The Labute approximate surface area is 111 Å². The van der Waals surface area contributed by atoms with Crippen molar-refractivity contribution in [3.63, 3.8) is 0 Å². The lowest BCUT2D eigenvalue weighted by Gasteiger charge is -2.09. The molecule has 0 N–H and O–H groups in total. The summed E-state index contributed by atoms with van der Waals surface area (Å²) in [5.74, 6) is 0.569. The van der Waals surface area contributed by atoms with Crippen LogP contribution in [-0.2, 0) is 0 Å². The molecule has 0 amide bonds. The van der Waals surface area contributed by atoms with Gasteiger partial charge < -0.3 is 4.74 Å². The number of carbonyl (C=O) groups is 1. The molecule has 94 valence electrons. The van der Waals surface area contributed by atoms with Crippen LogP contribution >= 0.6 is 27.7 Å². The number of ketones is 1. The first-order chi connectivity index (χ1) is 8.04. The van der Waals surface area contributed by atoms with Crippen LogP contribution in [0.5, 0.6) is 5.75 Å². The minimum absolute atomic E-state index is 0.0492. The molecule has 0 aliphatic rings. The first-order valence-electron chi connectivity index (χ1n) is 4.77. The summed E-state index contributed by atoms with van der Waals surface area (Å²) in [6.45, 7) is -0.682. The number of alkyl halides is 2. The first kappa shape index (κ1) is 14.4. The highest BCUT2D eigenvalue weighted by Crippen LogP contribution is 2.27. The van der Waals surface area contributed by atoms with E-state index < -0.39 is 13.0 Å². The van der Waals surface area contributed by atoms with Gasteiger partial charge in [-0.25, -0.2) is 8.78 Å². The molecule has 6 heteroatoms. The van der Waals surface area contributed by atoms with Gasteiger partial charge in [-0.05, 0) is 40.4 Å². The summed E-state index contributed by atoms with van der Waals surface area (Å²) in [5.41, 5.74) is 0.465. The molecule has 0 saturated heterocycles. The molecule has 0 spiro atoms. The highest BCUT2D eigenvalue weighted by Gasteiger charge is 2.11. The van der Waals surface area contributed by atoms with E-state index in [-0.39, 0.29) is 11.5 Å². The molecule has 0 aromatic heterocycles. The zero-order valence-electron chi connectivity index (χ0n) is 9.08. The minimum atomic E-state index is -2.53. The normalized spacial score (nSPS) is 10.6. The second-order valence-electron chi connectivity index (χ2n) is 3.20. The van der Waals surface area contributed by atoms with Gasteiger partial charge in [0.1, 0.15) is 12.4 Å². The summed E-state index contributed by atoms with van der Waals surface area (Å²) >= 11 is 4.59. The lowest BCUT2D eigenvalue weighted by molar-refractivity contribution is 0.0814. The van der Waals surface area contributed by atoms with Crippen LogP contribution in [0.3, 0.4) is 0 Å². The Morgan fingerprint density at radius 2 is 2.24 bits per heavy atom. The maximum atomic E-state index is 12.0. The smallest absolute Gasteiger partial charge is 0.272 e. The zero-order valence-corrected chi connectivity index (χ0v) is 11.5. The lowest BCUT2D eigenvalue weighted by Crippen LogP contribution is -2.08. The molecule has 0 heterocycles. The molecule has 0 aliphatic carbocycles. The number of benzene rings is 1. The molecule has 0 aliphatic heterocycles. The number of hydrogen-bond acceptors (Lipinski definition) is 3. The van der Waals surface area contributed by atoms with Gasteiger partial charge in [-0.3, -0.25) is 4.79 Å². The lowest BCUT2D eigenvalue weighted by atomic mass is 10.1. The topological polar surface area (TPSA) is 26.3 Å². The Morgan fingerprint density at radius 1 is 1.53 bits per heavy atom. The average Bonchev–Trinajstić information content (AvgIpc) is 2.28. The highest BCUT2D eigenvalue weighted by atomic mass is 79.9. The third kappa shape index (κ3) is 4.63. The Hall–Kier alpha value is -0.620. The van der Waals surface area contributed by atoms with E-state index in [4.69, 9.17) is 4.74 Å². The first-order valence-corrected chi connectivity index (χ1v) is 6.96. The third-order valence-electron chi connectivity index (χ3n) is 1.89. The van der Waals surface area contributed by atoms with Crippen LogP contribution in [0.1, 0.15) is 10.4 Å². The average molecular weight is 325 g/mol. The van der Waals surface area contributed by atoms with Gasteiger partial charge in [-0.2, -0.15) is 11.8 Å². The van der Waals surface area contributed by atoms with Gasteiger partial charge in [0.2, 0.25) is 0 Å². The second-order valence-corrected chi connectivity index (χ2v) is 4.92. The fraction of sp³-hybridized carbons (Fsp3) is 0.364. The molecule has 1 aromatic carbocycles. The molecular formula is C11H11BrF2O2S. The molecule has 0 fully saturated rings. The second kappa shape index (κ2) is 6.96. The van der Waals surface area contributed by atoms with E-state index in [2.05, 4.69) is 15.9 Å². The van der Waals surface area contributed by atoms with Gasteiger partial charge in [-0.1, -0.05) is 0 Å². The van der Waals surface area contributed by atoms with E-state index in [1.54, 1.807) is 12.1 Å². The number of hydrogen-bond donors (Lipinski definition) is 0. The molecule has 0 bridgehead atoms. The number of halogens is 3. The van der Waals surface area contributed by atoms with Crippen LogP contribution in [0.25, 0.3) is 0 Å². The van der Waals surface area contributed by atoms with Crippen molar-refractivity contribution in [1.29, 1.82) is 0 Å². The zero-order chi connectivity index (χ0) is 12.8. The molecule has 1 rings (SSSR count). The summed E-state index contributed by atoms with van der Waals surface area (Å²) in [6.07, 6.45) is -0.710. The van der Waals surface area contributed by atoms with Crippen molar-refractivity contribution in [3.8, 4) is 5.75 Å². The van der Waals surface area contributed by atoms with Gasteiger partial charge in [0.25, 0.3) is 6.43 Å². The van der Waals surface area contributed by atoms with Crippen LogP contribution in [-0.4, -0.2) is 30.8 Å². The quantitative estimate of drug-likeness (QED) is 0.747. The third-order valence-corrected chi connectivity index (χ3v) is 3.10. The predicted octanol–water partition coefficient (Wildman–Crippen LogP) is 3.64. The van der Waals surface area contributed by atoms with E-state index in [0.717, 1.165) is 0 Å². The molecule has 0 unspecified atom stereocenters. The Kier molecular flexibility index (Phi) is 5.91. The summed E-state index contributed by atoms with van der Waals surface area (Å²) in [6, 6.07) is 4.73. The number of thioether (sulfide) groups is 1. The minimum Gasteiger partial charge on any atom is -0.486 e. The maximum Gasteiger partial charge on any atom is 0.272 e. The van der Waals surface area contributed by atoms with Gasteiger partial charge in [0, 0.05) is 5.56 Å². The van der Waals surface area contributed by atoms with E-state index in [0.29, 0.717) is 15.8 Å². The van der Waals surface area contributed by atoms with Crippen molar-refractivity contribution in [1.82, 2.24) is 0 Å². The van der Waals surface area contributed by atoms with E-state index in [1.165, 1.54) is 17.8 Å². The molecule has 0 radical (unpaired) electrons. The molecule has 2 nitrogen and oxygen atoms in total. The number of carbonyl (C=O) groups excluding carboxylic acids is 1. The fourth-order valence-electron chi connectivity index (χ4n) is 1.15. The summed E-state index contributed by atoms with van der Waals surface area (Å²) in [4.78, 5) is 11.6. The molecule has 17 heavy (non-hydrogen) atoms. The van der Waals surface area contributed by atoms with Crippen molar-refractivity contribution in [2.45, 2.75) is 6.43 Å². The van der Waals surface area contributed by atoms with Crippen LogP contribution in [0.15, 0.2) is 22.7 Å². The van der Waals surface area contributed by atoms with Gasteiger partial charge in [-0.15, -0.1) is 0 Å². The fourth-order valence-corrected chi connectivity index (χ4v) is 1.94. The highest BCUT2D eigenvalue weighted by molar-refractivity contribution is 9.10. The molecule has 1 aromatic rings. The Bertz CT molecular complexity index is 399. The predicted molar refractivity (Wildman–Crippen MR) is 68.4 cm³/mol. The number of ether oxygens (including phenoxy) is 1. The summed E-state index contributed by atoms with van der Waals surface area (Å²) in [7, 11) is 0. The van der Waals surface area contributed by atoms with Gasteiger partial charge in [0.15, 0.2) is 5.78 Å². The van der Waals surface area contributed by atoms with E-state index >= 15 is 0 Å². The summed E-state index contributed by atoms with van der Waals surface area (Å²) < 4.78 is 29.5. The van der Waals surface area contributed by atoms with Crippen LogP contribution in [0, 0.1) is 0 Å². The molecule has 0 saturated carbocycles. The van der Waals surface area contributed by atoms with Crippen molar-refractivity contribution >= 4 is 33.5 Å². The summed E-state index contributed by atoms with van der Waals surface area (Å²) in [5, 5.41) is 0. The van der Waals surface area contributed by atoms with Crippen molar-refractivity contribution < 1.29 is 18.3 Å². The van der Waals surface area contributed by atoms with Crippen LogP contribution in [0.4, 0.5) is 8.78 Å². The maximum absolute atomic E-state index is 12.0. The number of rotatable bonds is 6. The monoisotopic (exact) mass is 324 g/mol. The largest absolute Gasteiger partial charge is 0.486 e. The Morgan fingerprint density at radius 3 is 2.82 bits per heavy atom. The van der Waals surface area contributed by atoms with Crippen molar-refractivity contribution in [2.75, 3.05) is 18.6 Å². The van der Waals surface area contributed by atoms with E-state index in [1.807, 2.05) is 6.26 Å². The van der Waals surface area contributed by atoms with Crippen LogP contribution < -0.4 is 4.74 Å². The standard InChI is InChI=1S/C11H11BrF2O2S/c1-17-6-9(15)7-2-3-8(12)10(4-7)16-5-11(13)14/h2-4,11H,5-6H2,1H3. The molecular weight excluding hydrogens is 314 g/mol. The van der Waals surface area contributed by atoms with Crippen LogP contribution in [0.2, 0.25) is 0 Å².